The van der Waals surface area contributed by atoms with E-state index in [0.717, 1.165) is 5.56 Å². The molecule has 1 fully saturated rings. The average Bonchev–Trinajstić information content (AvgIpc) is 3.05. The van der Waals surface area contributed by atoms with Gasteiger partial charge in [-0.15, -0.1) is 0 Å². The molecule has 1 aliphatic carbocycles. The first-order valence-corrected chi connectivity index (χ1v) is 9.29. The van der Waals surface area contributed by atoms with Crippen LogP contribution in [0, 0.1) is 13.8 Å². The number of hydrogen-bond donors (Lipinski definition) is 0. The summed E-state index contributed by atoms with van der Waals surface area (Å²) in [7, 11) is -2.76. The zero-order chi connectivity index (χ0) is 18.0. The van der Waals surface area contributed by atoms with Gasteiger partial charge in [0.15, 0.2) is 21.2 Å². The molecule has 0 saturated heterocycles. The third kappa shape index (κ3) is 3.17. The Morgan fingerprint density at radius 1 is 1.17 bits per heavy atom. The Morgan fingerprint density at radius 2 is 1.79 bits per heavy atom. The Balaban J connectivity index is 2.43. The fourth-order valence-corrected chi connectivity index (χ4v) is 5.41. The lowest BCUT2D eigenvalue weighted by molar-refractivity contribution is -0.158. The minimum Gasteiger partial charge on any atom is -0.466 e. The molecule has 0 heterocycles. The first-order chi connectivity index (χ1) is 11.2. The van der Waals surface area contributed by atoms with Crippen molar-refractivity contribution in [3.05, 3.63) is 29.3 Å². The first-order valence-electron chi connectivity index (χ1n) is 7.80. The molecule has 6 nitrogen and oxygen atoms in total. The number of methoxy groups -OCH3 is 1. The second kappa shape index (κ2) is 6.93. The Morgan fingerprint density at radius 3 is 2.38 bits per heavy atom. The summed E-state index contributed by atoms with van der Waals surface area (Å²) >= 11 is 0. The zero-order valence-corrected chi connectivity index (χ0v) is 14.9. The van der Waals surface area contributed by atoms with Gasteiger partial charge < -0.3 is 9.47 Å². The van der Waals surface area contributed by atoms with Gasteiger partial charge >= 0.3 is 11.9 Å². The van der Waals surface area contributed by atoms with Crippen molar-refractivity contribution in [2.75, 3.05) is 13.7 Å². The van der Waals surface area contributed by atoms with Crippen molar-refractivity contribution in [3.8, 4) is 0 Å². The summed E-state index contributed by atoms with van der Waals surface area (Å²) in [5.41, 5.74) is 1.39. The molecule has 0 bridgehead atoms. The molecule has 0 radical (unpaired) electrons. The summed E-state index contributed by atoms with van der Waals surface area (Å²) < 4.78 is 34.3. The summed E-state index contributed by atoms with van der Waals surface area (Å²) in [6.45, 7) is 2.92. The molecule has 7 heteroatoms. The predicted octanol–water partition coefficient (Wildman–Crippen LogP) is 2.11. The molecular weight excluding hydrogens is 332 g/mol. The van der Waals surface area contributed by atoms with Gasteiger partial charge in [0.05, 0.1) is 12.0 Å². The first kappa shape index (κ1) is 18.4. The van der Waals surface area contributed by atoms with Crippen LogP contribution in [-0.4, -0.2) is 38.8 Å². The standard InChI is InChI=1S/C17H22O6S/c1-12-6-7-13(2)14(10-12)24(20,21)17(8-4-5-9-17)16(19)23-11-15(18)22-3/h6-7,10H,4-5,8-9,11H2,1-3H3. The molecule has 24 heavy (non-hydrogen) atoms. The number of carbonyl (C=O) groups excluding carboxylic acids is 2. The van der Waals surface area contributed by atoms with Gasteiger partial charge in [-0.1, -0.05) is 25.0 Å². The fourth-order valence-electron chi connectivity index (χ4n) is 3.05. The van der Waals surface area contributed by atoms with Gasteiger partial charge in [0.2, 0.25) is 0 Å². The van der Waals surface area contributed by atoms with E-state index in [4.69, 9.17) is 4.74 Å². The van der Waals surface area contributed by atoms with E-state index in [1.807, 2.05) is 6.07 Å². The lowest BCUT2D eigenvalue weighted by Gasteiger charge is -2.27. The average molecular weight is 354 g/mol. The summed E-state index contributed by atoms with van der Waals surface area (Å²) in [5.74, 6) is -1.59. The lowest BCUT2D eigenvalue weighted by atomic mass is 10.1. The van der Waals surface area contributed by atoms with Crippen molar-refractivity contribution in [2.45, 2.75) is 49.2 Å². The number of esters is 2. The van der Waals surface area contributed by atoms with E-state index in [1.54, 1.807) is 26.0 Å². The van der Waals surface area contributed by atoms with Crippen molar-refractivity contribution in [3.63, 3.8) is 0 Å². The molecule has 0 aliphatic heterocycles. The fraction of sp³-hybridized carbons (Fsp3) is 0.529. The highest BCUT2D eigenvalue weighted by Crippen LogP contribution is 2.42. The van der Waals surface area contributed by atoms with Crippen molar-refractivity contribution in [2.24, 2.45) is 0 Å². The molecule has 1 saturated carbocycles. The third-order valence-corrected chi connectivity index (χ3v) is 7.10. The Hall–Kier alpha value is -1.89. The van der Waals surface area contributed by atoms with E-state index in [2.05, 4.69) is 4.74 Å². The highest BCUT2D eigenvalue weighted by Gasteiger charge is 2.54. The number of benzene rings is 1. The number of carbonyl (C=O) groups is 2. The van der Waals surface area contributed by atoms with Crippen LogP contribution in [0.2, 0.25) is 0 Å². The van der Waals surface area contributed by atoms with Gasteiger partial charge in [-0.2, -0.15) is 0 Å². The Labute approximate surface area is 142 Å². The van der Waals surface area contributed by atoms with E-state index < -0.39 is 33.1 Å². The monoisotopic (exact) mass is 354 g/mol. The molecule has 2 rings (SSSR count). The second-order valence-electron chi connectivity index (χ2n) is 6.13. The molecule has 1 aromatic carbocycles. The smallest absolute Gasteiger partial charge is 0.344 e. The molecule has 0 spiro atoms. The lowest BCUT2D eigenvalue weighted by Crippen LogP contribution is -2.46. The summed E-state index contributed by atoms with van der Waals surface area (Å²) in [6, 6.07) is 5.13. The Kier molecular flexibility index (Phi) is 5.32. The highest BCUT2D eigenvalue weighted by molar-refractivity contribution is 7.93. The van der Waals surface area contributed by atoms with Crippen LogP contribution in [-0.2, 0) is 28.9 Å². The van der Waals surface area contributed by atoms with Crippen LogP contribution in [0.1, 0.15) is 36.8 Å². The van der Waals surface area contributed by atoms with E-state index in [1.165, 1.54) is 7.11 Å². The van der Waals surface area contributed by atoms with Crippen molar-refractivity contribution < 1.29 is 27.5 Å². The number of hydrogen-bond acceptors (Lipinski definition) is 6. The van der Waals surface area contributed by atoms with Crippen LogP contribution in [0.25, 0.3) is 0 Å². The van der Waals surface area contributed by atoms with Gasteiger partial charge in [-0.3, -0.25) is 4.79 Å². The SMILES string of the molecule is COC(=O)COC(=O)C1(S(=O)(=O)c2cc(C)ccc2C)CCCC1. The highest BCUT2D eigenvalue weighted by atomic mass is 32.2. The molecule has 0 atom stereocenters. The van der Waals surface area contributed by atoms with Crippen molar-refractivity contribution in [1.29, 1.82) is 0 Å². The van der Waals surface area contributed by atoms with Crippen LogP contribution < -0.4 is 0 Å². The van der Waals surface area contributed by atoms with Gasteiger partial charge in [-0.05, 0) is 43.9 Å². The van der Waals surface area contributed by atoms with Gasteiger partial charge in [0.25, 0.3) is 0 Å². The zero-order valence-electron chi connectivity index (χ0n) is 14.1. The number of sulfone groups is 1. The van der Waals surface area contributed by atoms with E-state index >= 15 is 0 Å². The number of ether oxygens (including phenoxy) is 2. The third-order valence-electron chi connectivity index (χ3n) is 4.48. The molecule has 132 valence electrons. The maximum absolute atomic E-state index is 13.3. The van der Waals surface area contributed by atoms with Gasteiger partial charge in [0, 0.05) is 0 Å². The van der Waals surface area contributed by atoms with Crippen molar-refractivity contribution in [1.82, 2.24) is 0 Å². The van der Waals surface area contributed by atoms with E-state index in [-0.39, 0.29) is 17.7 Å². The van der Waals surface area contributed by atoms with E-state index in [9.17, 15) is 18.0 Å². The predicted molar refractivity (Wildman–Crippen MR) is 87.3 cm³/mol. The van der Waals surface area contributed by atoms with Crippen molar-refractivity contribution >= 4 is 21.8 Å². The molecule has 0 amide bonds. The minimum atomic E-state index is -3.93. The minimum absolute atomic E-state index is 0.152. The molecule has 0 N–H and O–H groups in total. The van der Waals surface area contributed by atoms with Gasteiger partial charge in [0.1, 0.15) is 0 Å². The summed E-state index contributed by atoms with van der Waals surface area (Å²) in [5, 5.41) is 0. The molecule has 0 unspecified atom stereocenters. The molecule has 0 aromatic heterocycles. The van der Waals surface area contributed by atoms with Gasteiger partial charge in [-0.25, -0.2) is 13.2 Å². The number of aryl methyl sites for hydroxylation is 2. The van der Waals surface area contributed by atoms with Crippen LogP contribution in [0.4, 0.5) is 0 Å². The summed E-state index contributed by atoms with van der Waals surface area (Å²) in [4.78, 5) is 24.0. The van der Waals surface area contributed by atoms with Crippen LogP contribution in [0.5, 0.6) is 0 Å². The summed E-state index contributed by atoms with van der Waals surface area (Å²) in [6.07, 6.45) is 1.64. The quantitative estimate of drug-likeness (QED) is 0.753. The Bertz CT molecular complexity index is 744. The van der Waals surface area contributed by atoms with E-state index in [0.29, 0.717) is 18.4 Å². The number of rotatable bonds is 5. The molecule has 1 aromatic rings. The maximum Gasteiger partial charge on any atom is 0.344 e. The largest absolute Gasteiger partial charge is 0.466 e. The maximum atomic E-state index is 13.3. The van der Waals surface area contributed by atoms with Crippen LogP contribution in [0.15, 0.2) is 23.1 Å². The normalized spacial score (nSPS) is 16.6. The second-order valence-corrected chi connectivity index (χ2v) is 8.35. The topological polar surface area (TPSA) is 86.7 Å². The van der Waals surface area contributed by atoms with Crippen LogP contribution >= 0.6 is 0 Å². The molecular formula is C17H22O6S. The molecule has 1 aliphatic rings. The van der Waals surface area contributed by atoms with Crippen LogP contribution in [0.3, 0.4) is 0 Å².